The molecule has 14 heavy (non-hydrogen) atoms. The van der Waals surface area contributed by atoms with E-state index in [-0.39, 0.29) is 24.7 Å². The Kier molecular flexibility index (Phi) is 4.35. The van der Waals surface area contributed by atoms with Crippen LogP contribution in [0.5, 0.6) is 0 Å². The first-order valence-corrected chi connectivity index (χ1v) is 5.11. The Hall–Kier alpha value is -0.610. The van der Waals surface area contributed by atoms with E-state index in [1.807, 2.05) is 6.92 Å². The molecule has 0 aromatic carbocycles. The molecule has 1 fully saturated rings. The first-order chi connectivity index (χ1) is 6.61. The van der Waals surface area contributed by atoms with Gasteiger partial charge in [-0.2, -0.15) is 0 Å². The first-order valence-electron chi connectivity index (χ1n) is 5.11. The van der Waals surface area contributed by atoms with Crippen LogP contribution in [0.1, 0.15) is 26.7 Å². The second-order valence-corrected chi connectivity index (χ2v) is 4.08. The SMILES string of the molecule is CC(=O)N[C@@H](C)CO[C@H]1C[C@H](CO)C1. The van der Waals surface area contributed by atoms with Gasteiger partial charge in [-0.05, 0) is 25.7 Å². The molecule has 0 heterocycles. The minimum absolute atomic E-state index is 0.0251. The second kappa shape index (κ2) is 5.32. The number of hydrogen-bond donors (Lipinski definition) is 2. The average molecular weight is 201 g/mol. The lowest BCUT2D eigenvalue weighted by Gasteiger charge is -2.34. The molecule has 0 bridgehead atoms. The Balaban J connectivity index is 2.01. The van der Waals surface area contributed by atoms with Gasteiger partial charge in [0.15, 0.2) is 0 Å². The molecule has 82 valence electrons. The van der Waals surface area contributed by atoms with Crippen LogP contribution in [0.3, 0.4) is 0 Å². The summed E-state index contributed by atoms with van der Waals surface area (Å²) in [5, 5.41) is 11.5. The molecule has 1 aliphatic carbocycles. The van der Waals surface area contributed by atoms with E-state index in [2.05, 4.69) is 5.32 Å². The molecular formula is C10H19NO3. The van der Waals surface area contributed by atoms with E-state index in [1.54, 1.807) is 0 Å². The molecule has 0 aromatic heterocycles. The van der Waals surface area contributed by atoms with Gasteiger partial charge in [0.05, 0.1) is 12.7 Å². The summed E-state index contributed by atoms with van der Waals surface area (Å²) < 4.78 is 5.55. The summed E-state index contributed by atoms with van der Waals surface area (Å²) >= 11 is 0. The highest BCUT2D eigenvalue weighted by Crippen LogP contribution is 2.29. The largest absolute Gasteiger partial charge is 0.396 e. The van der Waals surface area contributed by atoms with E-state index in [4.69, 9.17) is 9.84 Å². The third-order valence-corrected chi connectivity index (χ3v) is 2.48. The zero-order valence-electron chi connectivity index (χ0n) is 8.82. The van der Waals surface area contributed by atoms with E-state index in [0.29, 0.717) is 12.5 Å². The molecule has 4 nitrogen and oxygen atoms in total. The highest BCUT2D eigenvalue weighted by molar-refractivity contribution is 5.73. The zero-order valence-corrected chi connectivity index (χ0v) is 8.82. The summed E-state index contributed by atoms with van der Waals surface area (Å²) in [5.41, 5.74) is 0. The standard InChI is InChI=1S/C10H19NO3/c1-7(11-8(2)13)6-14-10-3-9(4-10)5-12/h7,9-10,12H,3-6H2,1-2H3,(H,11,13)/t7-,9-,10-/m0/s1. The fraction of sp³-hybridized carbons (Fsp3) is 0.900. The highest BCUT2D eigenvalue weighted by atomic mass is 16.5. The summed E-state index contributed by atoms with van der Waals surface area (Å²) in [7, 11) is 0. The Labute approximate surface area is 84.6 Å². The van der Waals surface area contributed by atoms with Crippen LogP contribution in [-0.4, -0.2) is 36.4 Å². The quantitative estimate of drug-likeness (QED) is 0.672. The Bertz CT molecular complexity index is 190. The molecule has 1 atom stereocenters. The lowest BCUT2D eigenvalue weighted by Crippen LogP contribution is -2.39. The van der Waals surface area contributed by atoms with Gasteiger partial charge in [-0.3, -0.25) is 4.79 Å². The van der Waals surface area contributed by atoms with E-state index in [1.165, 1.54) is 6.92 Å². The van der Waals surface area contributed by atoms with Crippen LogP contribution in [0.15, 0.2) is 0 Å². The number of rotatable bonds is 5. The van der Waals surface area contributed by atoms with Crippen LogP contribution in [0.2, 0.25) is 0 Å². The van der Waals surface area contributed by atoms with Gasteiger partial charge in [0.1, 0.15) is 0 Å². The highest BCUT2D eigenvalue weighted by Gasteiger charge is 2.29. The molecular weight excluding hydrogens is 182 g/mol. The van der Waals surface area contributed by atoms with Crippen molar-refractivity contribution in [3.05, 3.63) is 0 Å². The molecule has 2 N–H and O–H groups in total. The number of hydrogen-bond acceptors (Lipinski definition) is 3. The normalized spacial score (nSPS) is 27.9. The minimum atomic E-state index is -0.0251. The summed E-state index contributed by atoms with van der Waals surface area (Å²) in [6.45, 7) is 4.24. The average Bonchev–Trinajstić information content (AvgIpc) is 2.00. The molecule has 1 saturated carbocycles. The van der Waals surface area contributed by atoms with Crippen LogP contribution in [0.25, 0.3) is 0 Å². The molecule has 4 heteroatoms. The van der Waals surface area contributed by atoms with Crippen molar-refractivity contribution in [2.24, 2.45) is 5.92 Å². The summed E-state index contributed by atoms with van der Waals surface area (Å²) in [5.74, 6) is 0.402. The molecule has 0 saturated heterocycles. The van der Waals surface area contributed by atoms with Gasteiger partial charge in [0.2, 0.25) is 5.91 Å². The third kappa shape index (κ3) is 3.64. The topological polar surface area (TPSA) is 58.6 Å². The maximum Gasteiger partial charge on any atom is 0.217 e. The van der Waals surface area contributed by atoms with Gasteiger partial charge in [-0.1, -0.05) is 0 Å². The van der Waals surface area contributed by atoms with Gasteiger partial charge in [0, 0.05) is 19.6 Å². The van der Waals surface area contributed by atoms with E-state index in [0.717, 1.165) is 12.8 Å². The number of ether oxygens (including phenoxy) is 1. The fourth-order valence-electron chi connectivity index (χ4n) is 1.63. The second-order valence-electron chi connectivity index (χ2n) is 4.08. The molecule has 0 aliphatic heterocycles. The maximum absolute atomic E-state index is 10.7. The van der Waals surface area contributed by atoms with Crippen LogP contribution in [0, 0.1) is 5.92 Å². The molecule has 0 aromatic rings. The Morgan fingerprint density at radius 1 is 1.64 bits per heavy atom. The van der Waals surface area contributed by atoms with Gasteiger partial charge in [-0.15, -0.1) is 0 Å². The molecule has 0 spiro atoms. The number of amides is 1. The van der Waals surface area contributed by atoms with Gasteiger partial charge < -0.3 is 15.2 Å². The van der Waals surface area contributed by atoms with Crippen molar-refractivity contribution in [2.45, 2.75) is 38.8 Å². The van der Waals surface area contributed by atoms with Crippen molar-refractivity contribution in [3.63, 3.8) is 0 Å². The van der Waals surface area contributed by atoms with Crippen molar-refractivity contribution in [3.8, 4) is 0 Å². The lowest BCUT2D eigenvalue weighted by molar-refractivity contribution is -0.120. The van der Waals surface area contributed by atoms with E-state index < -0.39 is 0 Å². The Morgan fingerprint density at radius 3 is 2.79 bits per heavy atom. The van der Waals surface area contributed by atoms with Gasteiger partial charge in [0.25, 0.3) is 0 Å². The summed E-state index contributed by atoms with van der Waals surface area (Å²) in [4.78, 5) is 10.7. The number of carbonyl (C=O) groups excluding carboxylic acids is 1. The number of aliphatic hydroxyl groups is 1. The molecule has 1 rings (SSSR count). The summed E-state index contributed by atoms with van der Waals surface area (Å²) in [6, 6.07) is 0.0701. The number of nitrogens with one attached hydrogen (secondary N) is 1. The molecule has 1 aliphatic rings. The molecule has 0 radical (unpaired) electrons. The van der Waals surface area contributed by atoms with E-state index in [9.17, 15) is 4.79 Å². The monoisotopic (exact) mass is 201 g/mol. The predicted octanol–water partition coefficient (Wildman–Crippen LogP) is 0.299. The van der Waals surface area contributed by atoms with Gasteiger partial charge in [-0.25, -0.2) is 0 Å². The number of carbonyl (C=O) groups is 1. The number of aliphatic hydroxyl groups excluding tert-OH is 1. The third-order valence-electron chi connectivity index (χ3n) is 2.48. The molecule has 1 amide bonds. The fourth-order valence-corrected chi connectivity index (χ4v) is 1.63. The summed E-state index contributed by atoms with van der Waals surface area (Å²) in [6.07, 6.45) is 2.18. The first kappa shape index (κ1) is 11.5. The lowest BCUT2D eigenvalue weighted by atomic mass is 9.83. The predicted molar refractivity (Wildman–Crippen MR) is 52.8 cm³/mol. The van der Waals surface area contributed by atoms with Crippen LogP contribution in [0.4, 0.5) is 0 Å². The van der Waals surface area contributed by atoms with Crippen molar-refractivity contribution in [2.75, 3.05) is 13.2 Å². The Morgan fingerprint density at radius 2 is 2.29 bits per heavy atom. The minimum Gasteiger partial charge on any atom is -0.396 e. The smallest absolute Gasteiger partial charge is 0.217 e. The van der Waals surface area contributed by atoms with E-state index >= 15 is 0 Å². The van der Waals surface area contributed by atoms with Crippen molar-refractivity contribution < 1.29 is 14.6 Å². The van der Waals surface area contributed by atoms with Crippen molar-refractivity contribution in [1.29, 1.82) is 0 Å². The van der Waals surface area contributed by atoms with Crippen LogP contribution >= 0.6 is 0 Å². The molecule has 0 unspecified atom stereocenters. The van der Waals surface area contributed by atoms with Gasteiger partial charge >= 0.3 is 0 Å². The zero-order chi connectivity index (χ0) is 10.6. The van der Waals surface area contributed by atoms with Crippen LogP contribution in [-0.2, 0) is 9.53 Å². The maximum atomic E-state index is 10.7. The van der Waals surface area contributed by atoms with Crippen molar-refractivity contribution in [1.82, 2.24) is 5.32 Å². The van der Waals surface area contributed by atoms with Crippen molar-refractivity contribution >= 4 is 5.91 Å². The van der Waals surface area contributed by atoms with Crippen LogP contribution < -0.4 is 5.32 Å².